The number of aromatic nitrogens is 3. The lowest BCUT2D eigenvalue weighted by atomic mass is 10.00. The SMILES string of the molecule is C[C@@H]1CCCN(C[C@@H](C)NC(=O)c2ccc(-n3cccn3)nc2)C1. The van der Waals surface area contributed by atoms with Crippen LogP contribution in [0.1, 0.15) is 37.0 Å². The number of rotatable bonds is 5. The van der Waals surface area contributed by atoms with E-state index in [1.165, 1.54) is 12.8 Å². The first-order valence-electron chi connectivity index (χ1n) is 8.61. The van der Waals surface area contributed by atoms with Crippen molar-refractivity contribution in [2.24, 2.45) is 5.92 Å². The summed E-state index contributed by atoms with van der Waals surface area (Å²) in [6.07, 6.45) is 7.68. The molecule has 2 aromatic rings. The Hall–Kier alpha value is -2.21. The van der Waals surface area contributed by atoms with Crippen LogP contribution in [0.15, 0.2) is 36.8 Å². The Morgan fingerprint density at radius 1 is 1.46 bits per heavy atom. The quantitative estimate of drug-likeness (QED) is 0.914. The summed E-state index contributed by atoms with van der Waals surface area (Å²) in [6, 6.07) is 5.55. The number of hydrogen-bond donors (Lipinski definition) is 1. The molecule has 3 heterocycles. The molecule has 0 aromatic carbocycles. The maximum absolute atomic E-state index is 12.4. The van der Waals surface area contributed by atoms with E-state index in [4.69, 9.17) is 0 Å². The van der Waals surface area contributed by atoms with Gasteiger partial charge >= 0.3 is 0 Å². The standard InChI is InChI=1S/C18H25N5O/c1-14-5-3-9-22(12-14)13-15(2)21-18(24)16-6-7-17(19-11-16)23-10-4-8-20-23/h4,6-8,10-11,14-15H,3,5,9,12-13H2,1-2H3,(H,21,24)/t14-,15-/m1/s1. The molecule has 1 amide bonds. The average molecular weight is 327 g/mol. The highest BCUT2D eigenvalue weighted by Crippen LogP contribution is 2.15. The summed E-state index contributed by atoms with van der Waals surface area (Å²) in [7, 11) is 0. The summed E-state index contributed by atoms with van der Waals surface area (Å²) < 4.78 is 1.67. The summed E-state index contributed by atoms with van der Waals surface area (Å²) in [5.41, 5.74) is 0.574. The highest BCUT2D eigenvalue weighted by atomic mass is 16.1. The van der Waals surface area contributed by atoms with Gasteiger partial charge in [0.2, 0.25) is 0 Å². The third-order valence-electron chi connectivity index (χ3n) is 4.40. The van der Waals surface area contributed by atoms with Gasteiger partial charge in [0.25, 0.3) is 5.91 Å². The Labute approximate surface area is 142 Å². The first-order chi connectivity index (χ1) is 11.6. The van der Waals surface area contributed by atoms with Crippen molar-refractivity contribution in [3.05, 3.63) is 42.4 Å². The van der Waals surface area contributed by atoms with Gasteiger partial charge in [0.15, 0.2) is 5.82 Å². The molecule has 1 fully saturated rings. The fourth-order valence-corrected chi connectivity index (χ4v) is 3.25. The third kappa shape index (κ3) is 4.20. The van der Waals surface area contributed by atoms with Gasteiger partial charge in [-0.05, 0) is 50.4 Å². The molecule has 0 radical (unpaired) electrons. The Morgan fingerprint density at radius 3 is 3.00 bits per heavy atom. The molecule has 0 unspecified atom stereocenters. The van der Waals surface area contributed by atoms with Gasteiger partial charge in [0.05, 0.1) is 5.56 Å². The zero-order valence-electron chi connectivity index (χ0n) is 14.4. The van der Waals surface area contributed by atoms with Crippen molar-refractivity contribution in [2.75, 3.05) is 19.6 Å². The number of carbonyl (C=O) groups is 1. The van der Waals surface area contributed by atoms with Crippen LogP contribution in [0, 0.1) is 5.92 Å². The summed E-state index contributed by atoms with van der Waals surface area (Å²) in [5.74, 6) is 1.37. The molecular formula is C18H25N5O. The van der Waals surface area contributed by atoms with Gasteiger partial charge in [-0.25, -0.2) is 9.67 Å². The van der Waals surface area contributed by atoms with Crippen LogP contribution in [0.2, 0.25) is 0 Å². The monoisotopic (exact) mass is 327 g/mol. The lowest BCUT2D eigenvalue weighted by Crippen LogP contribution is -2.45. The van der Waals surface area contributed by atoms with Gasteiger partial charge in [-0.15, -0.1) is 0 Å². The molecule has 6 nitrogen and oxygen atoms in total. The van der Waals surface area contributed by atoms with E-state index in [-0.39, 0.29) is 11.9 Å². The molecular weight excluding hydrogens is 302 g/mol. The molecule has 1 saturated heterocycles. The number of pyridine rings is 1. The summed E-state index contributed by atoms with van der Waals surface area (Å²) >= 11 is 0. The molecule has 0 saturated carbocycles. The predicted octanol–water partition coefficient (Wildman–Crippen LogP) is 2.12. The second-order valence-electron chi connectivity index (χ2n) is 6.74. The summed E-state index contributed by atoms with van der Waals surface area (Å²) in [5, 5.41) is 7.20. The van der Waals surface area contributed by atoms with Gasteiger partial charge in [-0.3, -0.25) is 4.79 Å². The minimum absolute atomic E-state index is 0.0768. The van der Waals surface area contributed by atoms with Crippen LogP contribution in [0.25, 0.3) is 5.82 Å². The highest BCUT2D eigenvalue weighted by Gasteiger charge is 2.19. The fourth-order valence-electron chi connectivity index (χ4n) is 3.25. The van der Waals surface area contributed by atoms with Crippen molar-refractivity contribution in [2.45, 2.75) is 32.7 Å². The molecule has 6 heteroatoms. The van der Waals surface area contributed by atoms with Crippen LogP contribution in [0.4, 0.5) is 0 Å². The van der Waals surface area contributed by atoms with E-state index < -0.39 is 0 Å². The zero-order chi connectivity index (χ0) is 16.9. The number of carbonyl (C=O) groups excluding carboxylic acids is 1. The summed E-state index contributed by atoms with van der Waals surface area (Å²) in [6.45, 7) is 7.50. The van der Waals surface area contributed by atoms with Crippen LogP contribution in [-0.2, 0) is 0 Å². The van der Waals surface area contributed by atoms with Gasteiger partial charge in [0, 0.05) is 37.7 Å². The molecule has 3 rings (SSSR count). The second kappa shape index (κ2) is 7.57. The number of amides is 1. The molecule has 2 aromatic heterocycles. The molecule has 0 aliphatic carbocycles. The lowest BCUT2D eigenvalue weighted by Gasteiger charge is -2.32. The van der Waals surface area contributed by atoms with E-state index in [2.05, 4.69) is 34.1 Å². The van der Waals surface area contributed by atoms with Crippen molar-refractivity contribution in [1.82, 2.24) is 25.0 Å². The average Bonchev–Trinajstić information content (AvgIpc) is 3.09. The van der Waals surface area contributed by atoms with Gasteiger partial charge in [-0.2, -0.15) is 5.10 Å². The molecule has 1 N–H and O–H groups in total. The molecule has 24 heavy (non-hydrogen) atoms. The van der Waals surface area contributed by atoms with Crippen molar-refractivity contribution in [3.63, 3.8) is 0 Å². The molecule has 1 aliphatic heterocycles. The van der Waals surface area contributed by atoms with E-state index in [0.717, 1.165) is 25.6 Å². The molecule has 1 aliphatic rings. The topological polar surface area (TPSA) is 63.1 Å². The third-order valence-corrected chi connectivity index (χ3v) is 4.40. The zero-order valence-corrected chi connectivity index (χ0v) is 14.4. The summed E-state index contributed by atoms with van der Waals surface area (Å²) in [4.78, 5) is 19.1. The number of piperidine rings is 1. The highest BCUT2D eigenvalue weighted by molar-refractivity contribution is 5.94. The van der Waals surface area contributed by atoms with Crippen LogP contribution in [0.3, 0.4) is 0 Å². The lowest BCUT2D eigenvalue weighted by molar-refractivity contribution is 0.0919. The Morgan fingerprint density at radius 2 is 2.33 bits per heavy atom. The number of nitrogens with zero attached hydrogens (tertiary/aromatic N) is 4. The Bertz CT molecular complexity index is 653. The predicted molar refractivity (Wildman–Crippen MR) is 93.1 cm³/mol. The van der Waals surface area contributed by atoms with Gasteiger partial charge < -0.3 is 10.2 Å². The molecule has 2 atom stereocenters. The van der Waals surface area contributed by atoms with Crippen LogP contribution < -0.4 is 5.32 Å². The van der Waals surface area contributed by atoms with E-state index in [9.17, 15) is 4.79 Å². The maximum Gasteiger partial charge on any atom is 0.253 e. The first kappa shape index (κ1) is 16.6. The number of hydrogen-bond acceptors (Lipinski definition) is 4. The van der Waals surface area contributed by atoms with E-state index in [1.807, 2.05) is 12.3 Å². The Balaban J connectivity index is 1.54. The molecule has 0 spiro atoms. The van der Waals surface area contributed by atoms with Crippen LogP contribution in [-0.4, -0.2) is 51.2 Å². The van der Waals surface area contributed by atoms with Crippen molar-refractivity contribution in [3.8, 4) is 5.82 Å². The first-order valence-corrected chi connectivity index (χ1v) is 8.61. The minimum Gasteiger partial charge on any atom is -0.348 e. The minimum atomic E-state index is -0.0768. The molecule has 0 bridgehead atoms. The normalized spacial score (nSPS) is 19.8. The van der Waals surface area contributed by atoms with E-state index in [0.29, 0.717) is 11.4 Å². The van der Waals surface area contributed by atoms with Crippen molar-refractivity contribution in [1.29, 1.82) is 0 Å². The second-order valence-corrected chi connectivity index (χ2v) is 6.74. The van der Waals surface area contributed by atoms with Gasteiger partial charge in [0.1, 0.15) is 0 Å². The van der Waals surface area contributed by atoms with Crippen molar-refractivity contribution >= 4 is 5.91 Å². The van der Waals surface area contributed by atoms with Crippen LogP contribution >= 0.6 is 0 Å². The smallest absolute Gasteiger partial charge is 0.253 e. The fraction of sp³-hybridized carbons (Fsp3) is 0.500. The Kier molecular flexibility index (Phi) is 5.25. The van der Waals surface area contributed by atoms with E-state index >= 15 is 0 Å². The van der Waals surface area contributed by atoms with Crippen molar-refractivity contribution < 1.29 is 4.79 Å². The maximum atomic E-state index is 12.4. The number of nitrogens with one attached hydrogen (secondary N) is 1. The largest absolute Gasteiger partial charge is 0.348 e. The molecule has 128 valence electrons. The number of likely N-dealkylation sites (tertiary alicyclic amines) is 1. The van der Waals surface area contributed by atoms with Gasteiger partial charge in [-0.1, -0.05) is 6.92 Å². The van der Waals surface area contributed by atoms with Crippen LogP contribution in [0.5, 0.6) is 0 Å². The van der Waals surface area contributed by atoms with E-state index in [1.54, 1.807) is 29.2 Å².